The molecular weight excluding hydrogens is 565 g/mol. The minimum absolute atomic E-state index is 0.0172. The summed E-state index contributed by atoms with van der Waals surface area (Å²) in [5.41, 5.74) is 1.88. The zero-order chi connectivity index (χ0) is 30.6. The first-order valence-electron chi connectivity index (χ1n) is 13.2. The van der Waals surface area contributed by atoms with E-state index in [9.17, 15) is 27.6 Å². The summed E-state index contributed by atoms with van der Waals surface area (Å²) in [7, 11) is 0. The number of carbonyl (C=O) groups excluding carboxylic acids is 3. The molecule has 1 saturated heterocycles. The molecule has 2 aromatic heterocycles. The van der Waals surface area contributed by atoms with Crippen molar-refractivity contribution < 1.29 is 32.3 Å². The Kier molecular flexibility index (Phi) is 8.51. The molecule has 13 heteroatoms. The van der Waals surface area contributed by atoms with Crippen LogP contribution in [-0.2, 0) is 27.0 Å². The molecule has 0 atom stereocenters. The second-order valence-corrected chi connectivity index (χ2v) is 9.77. The van der Waals surface area contributed by atoms with Crippen molar-refractivity contribution in [1.82, 2.24) is 24.8 Å². The molecule has 0 aliphatic carbocycles. The number of halogens is 3. The van der Waals surface area contributed by atoms with Crippen LogP contribution in [0.1, 0.15) is 38.3 Å². The van der Waals surface area contributed by atoms with E-state index in [1.807, 2.05) is 6.92 Å². The van der Waals surface area contributed by atoms with Gasteiger partial charge in [0.25, 0.3) is 5.91 Å². The molecule has 1 aliphatic heterocycles. The number of morpholine rings is 1. The second-order valence-electron chi connectivity index (χ2n) is 9.77. The van der Waals surface area contributed by atoms with Gasteiger partial charge in [-0.2, -0.15) is 18.3 Å². The molecule has 1 aliphatic rings. The van der Waals surface area contributed by atoms with Gasteiger partial charge in [0.2, 0.25) is 0 Å². The number of cyclic esters (lactones) is 2. The number of imidazole rings is 1. The van der Waals surface area contributed by atoms with E-state index in [4.69, 9.17) is 0 Å². The van der Waals surface area contributed by atoms with Crippen LogP contribution in [0, 0.1) is 18.8 Å². The third-order valence-electron chi connectivity index (χ3n) is 6.63. The van der Waals surface area contributed by atoms with Crippen molar-refractivity contribution in [1.29, 1.82) is 0 Å². The highest BCUT2D eigenvalue weighted by Gasteiger charge is 2.33. The second kappa shape index (κ2) is 12.4. The fraction of sp³-hybridized carbons (Fsp3) is 0.233. The Labute approximate surface area is 243 Å². The van der Waals surface area contributed by atoms with Gasteiger partial charge in [-0.3, -0.25) is 19.3 Å². The number of hydrogen-bond acceptors (Lipinski definition) is 8. The van der Waals surface area contributed by atoms with Gasteiger partial charge in [-0.25, -0.2) is 9.50 Å². The molecule has 0 spiro atoms. The summed E-state index contributed by atoms with van der Waals surface area (Å²) in [6.07, 6.45) is -1.46. The van der Waals surface area contributed by atoms with Crippen molar-refractivity contribution >= 4 is 29.2 Å². The highest BCUT2D eigenvalue weighted by atomic mass is 19.4. The van der Waals surface area contributed by atoms with Gasteiger partial charge in [0.1, 0.15) is 5.69 Å². The summed E-state index contributed by atoms with van der Waals surface area (Å²) < 4.78 is 47.8. The molecule has 3 heterocycles. The topological polar surface area (TPSA) is 118 Å². The Hall–Kier alpha value is -5.06. The van der Waals surface area contributed by atoms with E-state index in [2.05, 4.69) is 37.3 Å². The van der Waals surface area contributed by atoms with E-state index in [-0.39, 0.29) is 49.5 Å². The van der Waals surface area contributed by atoms with Crippen molar-refractivity contribution in [2.45, 2.75) is 19.6 Å². The first-order valence-corrected chi connectivity index (χ1v) is 13.2. The van der Waals surface area contributed by atoms with Gasteiger partial charge in [0, 0.05) is 42.6 Å². The SMILES string of the molecule is Cc1ccc(C(=O)Nc2ccc(CNCCN3CC(=O)OC(=O)C3)c(C(F)(F)F)c2)cc1C#Cc1cnc2cccnn12. The van der Waals surface area contributed by atoms with Gasteiger partial charge >= 0.3 is 18.1 Å². The molecule has 2 aromatic carbocycles. The molecule has 5 rings (SSSR count). The highest BCUT2D eigenvalue weighted by Crippen LogP contribution is 2.34. The van der Waals surface area contributed by atoms with Crippen LogP contribution in [-0.4, -0.2) is 63.5 Å². The largest absolute Gasteiger partial charge is 0.416 e. The smallest absolute Gasteiger partial charge is 0.391 e. The Morgan fingerprint density at radius 1 is 1.07 bits per heavy atom. The average Bonchev–Trinajstić information content (AvgIpc) is 3.37. The highest BCUT2D eigenvalue weighted by molar-refractivity contribution is 6.04. The first-order chi connectivity index (χ1) is 20.6. The van der Waals surface area contributed by atoms with Gasteiger partial charge in [-0.1, -0.05) is 18.1 Å². The number of nitrogens with zero attached hydrogens (tertiary/aromatic N) is 4. The minimum Gasteiger partial charge on any atom is -0.391 e. The van der Waals surface area contributed by atoms with Crippen LogP contribution in [0.4, 0.5) is 18.9 Å². The summed E-state index contributed by atoms with van der Waals surface area (Å²) in [5, 5.41) is 9.67. The number of amides is 1. The number of aryl methyl sites for hydroxylation is 1. The predicted molar refractivity (Wildman–Crippen MR) is 149 cm³/mol. The number of alkyl halides is 3. The van der Waals surface area contributed by atoms with Crippen LogP contribution in [0.2, 0.25) is 0 Å². The molecule has 10 nitrogen and oxygen atoms in total. The Morgan fingerprint density at radius 3 is 2.63 bits per heavy atom. The number of fused-ring (bicyclic) bond motifs is 1. The fourth-order valence-corrected chi connectivity index (χ4v) is 4.45. The molecule has 0 radical (unpaired) electrons. The van der Waals surface area contributed by atoms with Crippen molar-refractivity contribution in [3.63, 3.8) is 0 Å². The number of rotatable bonds is 7. The lowest BCUT2D eigenvalue weighted by molar-refractivity contribution is -0.166. The van der Waals surface area contributed by atoms with E-state index in [1.54, 1.807) is 52.1 Å². The lowest BCUT2D eigenvalue weighted by atomic mass is 10.0. The number of hydrogen-bond donors (Lipinski definition) is 2. The molecule has 2 N–H and O–H groups in total. The Bertz CT molecular complexity index is 1760. The van der Waals surface area contributed by atoms with E-state index in [0.717, 1.165) is 11.6 Å². The van der Waals surface area contributed by atoms with Crippen LogP contribution >= 0.6 is 0 Å². The number of carbonyl (C=O) groups is 3. The standard InChI is InChI=1S/C30H25F3N6O4/c1-19-4-5-21(13-20(19)7-9-24-16-35-26-3-2-10-36-39(24)26)29(42)37-23-8-6-22(25(14-23)30(31,32)33)15-34-11-12-38-17-27(40)43-28(41)18-38/h2-6,8,10,13-14,16,34H,11-12,15,17-18H2,1H3,(H,37,42). The van der Waals surface area contributed by atoms with Crippen molar-refractivity contribution in [2.75, 3.05) is 31.5 Å². The number of ether oxygens (including phenoxy) is 1. The number of aromatic nitrogens is 3. The lowest BCUT2D eigenvalue weighted by Crippen LogP contribution is -2.45. The maximum atomic E-state index is 13.9. The van der Waals surface area contributed by atoms with Gasteiger partial charge in [-0.05, 0) is 60.4 Å². The maximum Gasteiger partial charge on any atom is 0.416 e. The number of esters is 2. The first kappa shape index (κ1) is 29.4. The molecular formula is C30H25F3N6O4. The summed E-state index contributed by atoms with van der Waals surface area (Å²) in [5.74, 6) is 4.11. The van der Waals surface area contributed by atoms with E-state index < -0.39 is 29.6 Å². The summed E-state index contributed by atoms with van der Waals surface area (Å²) >= 11 is 0. The maximum absolute atomic E-state index is 13.9. The number of benzene rings is 2. The van der Waals surface area contributed by atoms with Crippen molar-refractivity contribution in [3.8, 4) is 11.8 Å². The van der Waals surface area contributed by atoms with Gasteiger partial charge in [-0.15, -0.1) is 0 Å². The molecule has 0 unspecified atom stereocenters. The summed E-state index contributed by atoms with van der Waals surface area (Å²) in [4.78, 5) is 41.5. The van der Waals surface area contributed by atoms with E-state index in [0.29, 0.717) is 16.9 Å². The molecule has 220 valence electrons. The zero-order valence-electron chi connectivity index (χ0n) is 22.9. The fourth-order valence-electron chi connectivity index (χ4n) is 4.45. The van der Waals surface area contributed by atoms with Gasteiger partial charge < -0.3 is 15.4 Å². The summed E-state index contributed by atoms with van der Waals surface area (Å²) in [6, 6.07) is 12.0. The quantitative estimate of drug-likeness (QED) is 0.146. The van der Waals surface area contributed by atoms with Crippen LogP contribution < -0.4 is 10.6 Å². The third-order valence-corrected chi connectivity index (χ3v) is 6.63. The third kappa shape index (κ3) is 7.24. The Balaban J connectivity index is 1.26. The van der Waals surface area contributed by atoms with Crippen LogP contribution in [0.15, 0.2) is 60.9 Å². The van der Waals surface area contributed by atoms with Crippen molar-refractivity contribution in [3.05, 3.63) is 94.4 Å². The average molecular weight is 591 g/mol. The van der Waals surface area contributed by atoms with Crippen LogP contribution in [0.25, 0.3) is 5.65 Å². The van der Waals surface area contributed by atoms with E-state index in [1.165, 1.54) is 12.1 Å². The summed E-state index contributed by atoms with van der Waals surface area (Å²) in [6.45, 7) is 2.10. The molecule has 0 bridgehead atoms. The molecule has 0 saturated carbocycles. The molecule has 1 amide bonds. The number of nitrogens with one attached hydrogen (secondary N) is 2. The zero-order valence-corrected chi connectivity index (χ0v) is 22.9. The lowest BCUT2D eigenvalue weighted by Gasteiger charge is -2.24. The monoisotopic (exact) mass is 590 g/mol. The Morgan fingerprint density at radius 2 is 1.86 bits per heavy atom. The minimum atomic E-state index is -4.67. The van der Waals surface area contributed by atoms with Gasteiger partial charge in [0.15, 0.2) is 5.65 Å². The van der Waals surface area contributed by atoms with Gasteiger partial charge in [0.05, 0.1) is 24.8 Å². The normalized spacial score (nSPS) is 13.9. The number of anilines is 1. The molecule has 43 heavy (non-hydrogen) atoms. The van der Waals surface area contributed by atoms with Crippen LogP contribution in [0.3, 0.4) is 0 Å². The van der Waals surface area contributed by atoms with Crippen molar-refractivity contribution in [2.24, 2.45) is 0 Å². The predicted octanol–water partition coefficient (Wildman–Crippen LogP) is 3.18. The van der Waals surface area contributed by atoms with E-state index >= 15 is 0 Å². The molecule has 4 aromatic rings. The molecule has 1 fully saturated rings. The van der Waals surface area contributed by atoms with Crippen LogP contribution in [0.5, 0.6) is 0 Å².